The number of likely N-dealkylation sites (N-methyl/N-ethyl adjacent to an activating group) is 1. The number of rotatable bonds is 8. The number of pyridine rings is 1. The maximum atomic E-state index is 5.46. The summed E-state index contributed by atoms with van der Waals surface area (Å²) in [6, 6.07) is 10.3. The van der Waals surface area contributed by atoms with Crippen molar-refractivity contribution in [2.24, 2.45) is 4.99 Å². The first-order valence-electron chi connectivity index (χ1n) is 11.6. The second-order valence-corrected chi connectivity index (χ2v) is 8.01. The fraction of sp³-hybridized carbons (Fsp3) is 0.500. The summed E-state index contributed by atoms with van der Waals surface area (Å²) in [6.07, 6.45) is 2.82. The molecule has 4 rings (SSSR count). The number of nitrogens with one attached hydrogen (secondary N) is 2. The molecule has 0 atom stereocenters. The molecule has 1 aromatic carbocycles. The van der Waals surface area contributed by atoms with Gasteiger partial charge in [0.05, 0.1) is 6.54 Å². The molecule has 1 aromatic heterocycles. The molecule has 0 spiro atoms. The van der Waals surface area contributed by atoms with Crippen LogP contribution in [0, 0.1) is 0 Å². The minimum atomic E-state index is 0.305. The molecular weight excluding hydrogens is 404 g/mol. The molecule has 2 aromatic rings. The van der Waals surface area contributed by atoms with E-state index in [9.17, 15) is 0 Å². The highest BCUT2D eigenvalue weighted by Crippen LogP contribution is 2.32. The van der Waals surface area contributed by atoms with Crippen LogP contribution in [0.5, 0.6) is 11.5 Å². The Bertz CT molecular complexity index is 894. The van der Waals surface area contributed by atoms with Crippen molar-refractivity contribution in [2.75, 3.05) is 57.5 Å². The van der Waals surface area contributed by atoms with Crippen LogP contribution < -0.4 is 25.0 Å². The van der Waals surface area contributed by atoms with Crippen LogP contribution in [0.1, 0.15) is 25.0 Å². The lowest BCUT2D eigenvalue weighted by Gasteiger charge is -2.34. The molecule has 2 aliphatic rings. The van der Waals surface area contributed by atoms with Gasteiger partial charge in [0.1, 0.15) is 5.82 Å². The molecular formula is C24H34N6O2. The number of guanidine groups is 1. The third-order valence-corrected chi connectivity index (χ3v) is 5.86. The summed E-state index contributed by atoms with van der Waals surface area (Å²) in [5, 5.41) is 6.73. The molecule has 0 unspecified atom stereocenters. The van der Waals surface area contributed by atoms with E-state index >= 15 is 0 Å². The van der Waals surface area contributed by atoms with E-state index in [-0.39, 0.29) is 0 Å². The van der Waals surface area contributed by atoms with Gasteiger partial charge in [0.2, 0.25) is 6.79 Å². The molecule has 8 nitrogen and oxygen atoms in total. The van der Waals surface area contributed by atoms with Crippen LogP contribution in [0.15, 0.2) is 41.5 Å². The van der Waals surface area contributed by atoms with Crippen molar-refractivity contribution in [3.63, 3.8) is 0 Å². The summed E-state index contributed by atoms with van der Waals surface area (Å²) in [5.74, 6) is 3.51. The van der Waals surface area contributed by atoms with Gasteiger partial charge in [-0.2, -0.15) is 0 Å². The first-order chi connectivity index (χ1) is 15.7. The summed E-state index contributed by atoms with van der Waals surface area (Å²) in [4.78, 5) is 14.2. The van der Waals surface area contributed by atoms with E-state index in [0.29, 0.717) is 13.3 Å². The molecule has 0 aliphatic carbocycles. The number of nitrogens with zero attached hydrogens (tertiary/aromatic N) is 4. The number of ether oxygens (including phenoxy) is 2. The van der Waals surface area contributed by atoms with E-state index in [4.69, 9.17) is 14.5 Å². The lowest BCUT2D eigenvalue weighted by molar-refractivity contribution is 0.174. The van der Waals surface area contributed by atoms with E-state index < -0.39 is 0 Å². The maximum Gasteiger partial charge on any atom is 0.231 e. The number of hydrogen-bond donors (Lipinski definition) is 2. The highest BCUT2D eigenvalue weighted by molar-refractivity contribution is 5.79. The van der Waals surface area contributed by atoms with Crippen molar-refractivity contribution >= 4 is 11.8 Å². The molecule has 1 saturated heterocycles. The second kappa shape index (κ2) is 11.0. The molecule has 2 N–H and O–H groups in total. The Labute approximate surface area is 190 Å². The van der Waals surface area contributed by atoms with Crippen molar-refractivity contribution in [3.05, 3.63) is 47.7 Å². The predicted octanol–water partition coefficient (Wildman–Crippen LogP) is 2.25. The summed E-state index contributed by atoms with van der Waals surface area (Å²) >= 11 is 0. The van der Waals surface area contributed by atoms with Crippen LogP contribution in [-0.2, 0) is 13.0 Å². The van der Waals surface area contributed by atoms with E-state index in [1.165, 1.54) is 5.56 Å². The SMILES string of the molecule is CCNC(=NCc1ccc(N2CCN(CC)CC2)nc1)NCCc1ccc2c(c1)OCO2. The predicted molar refractivity (Wildman–Crippen MR) is 128 cm³/mol. The van der Waals surface area contributed by atoms with Gasteiger partial charge in [-0.1, -0.05) is 19.1 Å². The number of piperazine rings is 1. The van der Waals surface area contributed by atoms with Gasteiger partial charge in [-0.3, -0.25) is 0 Å². The van der Waals surface area contributed by atoms with Crippen LogP contribution in [0.3, 0.4) is 0 Å². The highest BCUT2D eigenvalue weighted by atomic mass is 16.7. The quantitative estimate of drug-likeness (QED) is 0.484. The van der Waals surface area contributed by atoms with Crippen LogP contribution in [0.2, 0.25) is 0 Å². The van der Waals surface area contributed by atoms with E-state index in [1.54, 1.807) is 0 Å². The zero-order valence-electron chi connectivity index (χ0n) is 19.1. The van der Waals surface area contributed by atoms with Crippen molar-refractivity contribution in [1.29, 1.82) is 0 Å². The van der Waals surface area contributed by atoms with Crippen molar-refractivity contribution < 1.29 is 9.47 Å². The molecule has 3 heterocycles. The van der Waals surface area contributed by atoms with E-state index in [0.717, 1.165) is 81.1 Å². The minimum Gasteiger partial charge on any atom is -0.454 e. The van der Waals surface area contributed by atoms with Gasteiger partial charge in [-0.15, -0.1) is 0 Å². The molecule has 32 heavy (non-hydrogen) atoms. The molecule has 0 bridgehead atoms. The van der Waals surface area contributed by atoms with Gasteiger partial charge >= 0.3 is 0 Å². The minimum absolute atomic E-state index is 0.305. The standard InChI is InChI=1S/C24H34N6O2/c1-3-25-24(26-10-9-19-5-7-21-22(15-19)32-18-31-21)28-17-20-6-8-23(27-16-20)30-13-11-29(4-2)12-14-30/h5-8,15-16H,3-4,9-14,17-18H2,1-2H3,(H2,25,26,28). The number of anilines is 1. The van der Waals surface area contributed by atoms with Gasteiger partial charge in [0.15, 0.2) is 17.5 Å². The Kier molecular flexibility index (Phi) is 7.66. The number of fused-ring (bicyclic) bond motifs is 1. The van der Waals surface area contributed by atoms with Crippen LogP contribution in [0.4, 0.5) is 5.82 Å². The monoisotopic (exact) mass is 438 g/mol. The second-order valence-electron chi connectivity index (χ2n) is 8.01. The van der Waals surface area contributed by atoms with Crippen LogP contribution in [0.25, 0.3) is 0 Å². The number of aliphatic imine (C=N–C) groups is 1. The van der Waals surface area contributed by atoms with Crippen LogP contribution >= 0.6 is 0 Å². The van der Waals surface area contributed by atoms with E-state index in [1.807, 2.05) is 18.3 Å². The maximum absolute atomic E-state index is 5.46. The Hall–Kier alpha value is -3.00. The molecule has 2 aliphatic heterocycles. The largest absolute Gasteiger partial charge is 0.454 e. The number of aromatic nitrogens is 1. The van der Waals surface area contributed by atoms with Crippen molar-refractivity contribution in [3.8, 4) is 11.5 Å². The van der Waals surface area contributed by atoms with Crippen LogP contribution in [-0.4, -0.2) is 68.4 Å². The topological polar surface area (TPSA) is 74.3 Å². The van der Waals surface area contributed by atoms with Gasteiger partial charge in [0, 0.05) is 45.5 Å². The molecule has 8 heteroatoms. The van der Waals surface area contributed by atoms with Gasteiger partial charge in [-0.25, -0.2) is 9.98 Å². The molecule has 1 fully saturated rings. The summed E-state index contributed by atoms with van der Waals surface area (Å²) in [7, 11) is 0. The first kappa shape index (κ1) is 22.2. The van der Waals surface area contributed by atoms with Crippen molar-refractivity contribution in [2.45, 2.75) is 26.8 Å². The lowest BCUT2D eigenvalue weighted by Crippen LogP contribution is -2.46. The Morgan fingerprint density at radius 1 is 1.00 bits per heavy atom. The lowest BCUT2D eigenvalue weighted by atomic mass is 10.1. The molecule has 0 radical (unpaired) electrons. The highest BCUT2D eigenvalue weighted by Gasteiger charge is 2.16. The molecule has 0 saturated carbocycles. The Morgan fingerprint density at radius 2 is 1.81 bits per heavy atom. The Morgan fingerprint density at radius 3 is 2.56 bits per heavy atom. The molecule has 0 amide bonds. The fourth-order valence-corrected chi connectivity index (χ4v) is 3.92. The number of hydrogen-bond acceptors (Lipinski definition) is 6. The molecule has 172 valence electrons. The average Bonchev–Trinajstić information content (AvgIpc) is 3.31. The zero-order chi connectivity index (χ0) is 22.2. The summed E-state index contributed by atoms with van der Waals surface area (Å²) in [6.45, 7) is 12.2. The Balaban J connectivity index is 1.27. The average molecular weight is 439 g/mol. The van der Waals surface area contributed by atoms with Gasteiger partial charge < -0.3 is 29.9 Å². The fourth-order valence-electron chi connectivity index (χ4n) is 3.92. The zero-order valence-corrected chi connectivity index (χ0v) is 19.1. The van der Waals surface area contributed by atoms with E-state index in [2.05, 4.69) is 57.5 Å². The smallest absolute Gasteiger partial charge is 0.231 e. The first-order valence-corrected chi connectivity index (χ1v) is 11.6. The number of benzene rings is 1. The third kappa shape index (κ3) is 5.82. The normalized spacial score (nSPS) is 16.3. The van der Waals surface area contributed by atoms with Crippen molar-refractivity contribution in [1.82, 2.24) is 20.5 Å². The summed E-state index contributed by atoms with van der Waals surface area (Å²) < 4.78 is 10.8. The van der Waals surface area contributed by atoms with Gasteiger partial charge in [-0.05, 0) is 49.2 Å². The van der Waals surface area contributed by atoms with Gasteiger partial charge in [0.25, 0.3) is 0 Å². The summed E-state index contributed by atoms with van der Waals surface area (Å²) in [5.41, 5.74) is 2.31. The third-order valence-electron chi connectivity index (χ3n) is 5.86.